The first-order valence-corrected chi connectivity index (χ1v) is 7.56. The van der Waals surface area contributed by atoms with E-state index in [1.54, 1.807) is 0 Å². The largest absolute Gasteiger partial charge is 0.387 e. The summed E-state index contributed by atoms with van der Waals surface area (Å²) in [4.78, 5) is 0. The molecule has 1 fully saturated rings. The smallest absolute Gasteiger partial charge is 0.0914 e. The van der Waals surface area contributed by atoms with Gasteiger partial charge in [-0.1, -0.05) is 30.3 Å². The summed E-state index contributed by atoms with van der Waals surface area (Å²) in [6, 6.07) is 10.1. The first-order chi connectivity index (χ1) is 8.25. The fourth-order valence-corrected chi connectivity index (χ4v) is 3.37. The molecule has 0 spiro atoms. The van der Waals surface area contributed by atoms with E-state index >= 15 is 0 Å². The van der Waals surface area contributed by atoms with Crippen LogP contribution in [0.1, 0.15) is 24.5 Å². The first-order valence-electron chi connectivity index (χ1n) is 6.07. The van der Waals surface area contributed by atoms with Gasteiger partial charge in [0.15, 0.2) is 0 Å². The molecule has 2 N–H and O–H groups in total. The van der Waals surface area contributed by atoms with Crippen molar-refractivity contribution < 1.29 is 9.32 Å². The highest BCUT2D eigenvalue weighted by Gasteiger charge is 2.18. The Morgan fingerprint density at radius 3 is 2.59 bits per heavy atom. The van der Waals surface area contributed by atoms with E-state index in [4.69, 9.17) is 0 Å². The van der Waals surface area contributed by atoms with Crippen molar-refractivity contribution in [1.29, 1.82) is 0 Å². The maximum Gasteiger partial charge on any atom is 0.0914 e. The van der Waals surface area contributed by atoms with Gasteiger partial charge in [-0.25, -0.2) is 0 Å². The predicted octanol–water partition coefficient (Wildman–Crippen LogP) is 1.22. The Hall–Kier alpha value is -0.710. The Kier molecular flexibility index (Phi) is 4.71. The second-order valence-electron chi connectivity index (χ2n) is 4.46. The highest BCUT2D eigenvalue weighted by Crippen LogP contribution is 2.13. The van der Waals surface area contributed by atoms with Crippen LogP contribution in [-0.2, 0) is 10.8 Å². The van der Waals surface area contributed by atoms with Crippen molar-refractivity contribution in [2.24, 2.45) is 0 Å². The number of aliphatic hydroxyl groups excluding tert-OH is 1. The van der Waals surface area contributed by atoms with Gasteiger partial charge in [0.1, 0.15) is 0 Å². The average molecular weight is 253 g/mol. The lowest BCUT2D eigenvalue weighted by atomic mass is 10.1. The van der Waals surface area contributed by atoms with Gasteiger partial charge in [-0.15, -0.1) is 0 Å². The maximum absolute atomic E-state index is 11.2. The molecular weight excluding hydrogens is 234 g/mol. The molecular formula is C13H19NO2S. The number of benzene rings is 1. The van der Waals surface area contributed by atoms with Crippen LogP contribution in [0.3, 0.4) is 0 Å². The molecule has 17 heavy (non-hydrogen) atoms. The minimum atomic E-state index is -0.614. The Morgan fingerprint density at radius 1 is 1.29 bits per heavy atom. The standard InChI is InChI=1S/C13H19NO2S/c15-13(11-4-2-1-3-5-11)10-14-12-6-8-17(16)9-7-12/h1-5,12-15H,6-10H2. The Bertz CT molecular complexity index is 359. The molecule has 0 radical (unpaired) electrons. The zero-order valence-corrected chi connectivity index (χ0v) is 10.7. The van der Waals surface area contributed by atoms with Crippen LogP contribution in [0.25, 0.3) is 0 Å². The molecule has 1 atom stereocenters. The average Bonchev–Trinajstić information content (AvgIpc) is 2.39. The fourth-order valence-electron chi connectivity index (χ4n) is 2.07. The Morgan fingerprint density at radius 2 is 1.94 bits per heavy atom. The van der Waals surface area contributed by atoms with Crippen LogP contribution in [0.5, 0.6) is 0 Å². The monoisotopic (exact) mass is 253 g/mol. The van der Waals surface area contributed by atoms with Gasteiger partial charge in [-0.2, -0.15) is 0 Å². The number of rotatable bonds is 4. The Balaban J connectivity index is 1.77. The topological polar surface area (TPSA) is 49.3 Å². The lowest BCUT2D eigenvalue weighted by Crippen LogP contribution is -2.37. The van der Waals surface area contributed by atoms with E-state index in [9.17, 15) is 9.32 Å². The van der Waals surface area contributed by atoms with Crippen LogP contribution in [-0.4, -0.2) is 33.4 Å². The molecule has 1 aromatic carbocycles. The summed E-state index contributed by atoms with van der Waals surface area (Å²) >= 11 is 0. The molecule has 0 aromatic heterocycles. The minimum Gasteiger partial charge on any atom is -0.387 e. The molecule has 0 amide bonds. The number of nitrogens with one attached hydrogen (secondary N) is 1. The van der Waals surface area contributed by atoms with E-state index in [1.807, 2.05) is 30.3 Å². The molecule has 94 valence electrons. The highest BCUT2D eigenvalue weighted by molar-refractivity contribution is 7.85. The van der Waals surface area contributed by atoms with Crippen molar-refractivity contribution in [3.63, 3.8) is 0 Å². The summed E-state index contributed by atoms with van der Waals surface area (Å²) < 4.78 is 11.2. The summed E-state index contributed by atoms with van der Waals surface area (Å²) in [5.41, 5.74) is 0.944. The van der Waals surface area contributed by atoms with Crippen LogP contribution in [0.2, 0.25) is 0 Å². The van der Waals surface area contributed by atoms with Gasteiger partial charge in [-0.3, -0.25) is 4.21 Å². The molecule has 1 saturated heterocycles. The number of hydrogen-bond donors (Lipinski definition) is 2. The van der Waals surface area contributed by atoms with E-state index < -0.39 is 16.9 Å². The van der Waals surface area contributed by atoms with Gasteiger partial charge in [0.2, 0.25) is 0 Å². The first kappa shape index (κ1) is 12.7. The molecule has 1 aromatic rings. The van der Waals surface area contributed by atoms with Gasteiger partial charge >= 0.3 is 0 Å². The van der Waals surface area contributed by atoms with Gasteiger partial charge in [0.25, 0.3) is 0 Å². The molecule has 3 nitrogen and oxygen atoms in total. The van der Waals surface area contributed by atoms with E-state index in [1.165, 1.54) is 0 Å². The quantitative estimate of drug-likeness (QED) is 0.848. The zero-order valence-electron chi connectivity index (χ0n) is 9.84. The van der Waals surface area contributed by atoms with E-state index in [-0.39, 0.29) is 0 Å². The van der Waals surface area contributed by atoms with Gasteiger partial charge in [0.05, 0.1) is 6.10 Å². The van der Waals surface area contributed by atoms with Crippen molar-refractivity contribution in [3.8, 4) is 0 Å². The van der Waals surface area contributed by atoms with Crippen molar-refractivity contribution >= 4 is 10.8 Å². The highest BCUT2D eigenvalue weighted by atomic mass is 32.2. The molecule has 0 bridgehead atoms. The molecule has 1 unspecified atom stereocenters. The fraction of sp³-hybridized carbons (Fsp3) is 0.538. The molecule has 2 rings (SSSR count). The van der Waals surface area contributed by atoms with E-state index in [0.717, 1.165) is 29.9 Å². The van der Waals surface area contributed by atoms with Crippen LogP contribution in [0.4, 0.5) is 0 Å². The SMILES string of the molecule is O=S1CCC(NCC(O)c2ccccc2)CC1. The van der Waals surface area contributed by atoms with Crippen LogP contribution in [0, 0.1) is 0 Å². The summed E-state index contributed by atoms with van der Waals surface area (Å²) in [7, 11) is -0.614. The Labute approximate surface area is 105 Å². The molecule has 0 aliphatic carbocycles. The molecule has 4 heteroatoms. The third kappa shape index (κ3) is 3.91. The van der Waals surface area contributed by atoms with Gasteiger partial charge < -0.3 is 10.4 Å². The summed E-state index contributed by atoms with van der Waals surface area (Å²) in [5, 5.41) is 13.3. The predicted molar refractivity (Wildman–Crippen MR) is 70.3 cm³/mol. The third-order valence-corrected chi connectivity index (χ3v) is 4.55. The van der Waals surface area contributed by atoms with E-state index in [0.29, 0.717) is 12.6 Å². The zero-order chi connectivity index (χ0) is 12.1. The second kappa shape index (κ2) is 6.28. The van der Waals surface area contributed by atoms with Crippen molar-refractivity contribution in [2.75, 3.05) is 18.1 Å². The number of hydrogen-bond acceptors (Lipinski definition) is 3. The maximum atomic E-state index is 11.2. The minimum absolute atomic E-state index is 0.408. The second-order valence-corrected chi connectivity index (χ2v) is 6.15. The normalized spacial score (nSPS) is 26.6. The van der Waals surface area contributed by atoms with Crippen LogP contribution < -0.4 is 5.32 Å². The van der Waals surface area contributed by atoms with Gasteiger partial charge in [0, 0.05) is 34.9 Å². The summed E-state index contributed by atoms with van der Waals surface area (Å²) in [6.07, 6.45) is 1.45. The summed E-state index contributed by atoms with van der Waals surface area (Å²) in [5.74, 6) is 1.58. The van der Waals surface area contributed by atoms with Crippen molar-refractivity contribution in [2.45, 2.75) is 25.0 Å². The van der Waals surface area contributed by atoms with Crippen molar-refractivity contribution in [1.82, 2.24) is 5.32 Å². The summed E-state index contributed by atoms with van der Waals surface area (Å²) in [6.45, 7) is 0.571. The van der Waals surface area contributed by atoms with Crippen molar-refractivity contribution in [3.05, 3.63) is 35.9 Å². The molecule has 1 heterocycles. The lowest BCUT2D eigenvalue weighted by Gasteiger charge is -2.24. The molecule has 0 saturated carbocycles. The van der Waals surface area contributed by atoms with E-state index in [2.05, 4.69) is 5.32 Å². The molecule has 1 aliphatic heterocycles. The van der Waals surface area contributed by atoms with Gasteiger partial charge in [-0.05, 0) is 18.4 Å². The van der Waals surface area contributed by atoms with Crippen LogP contribution >= 0.6 is 0 Å². The van der Waals surface area contributed by atoms with Crippen LogP contribution in [0.15, 0.2) is 30.3 Å². The third-order valence-electron chi connectivity index (χ3n) is 3.17. The lowest BCUT2D eigenvalue weighted by molar-refractivity contribution is 0.168. The number of aliphatic hydroxyl groups is 1. The molecule has 1 aliphatic rings.